The van der Waals surface area contributed by atoms with E-state index < -0.39 is 5.82 Å². The maximum absolute atomic E-state index is 13.6. The van der Waals surface area contributed by atoms with Crippen LogP contribution in [0.1, 0.15) is 49.9 Å². The SMILES string of the molecule is CCS[C@H]1CCC[C@@H](NC(=O)c2ccc(F)c(NC(C)=O)c2)C1. The van der Waals surface area contributed by atoms with Crippen LogP contribution in [0.3, 0.4) is 0 Å². The molecule has 1 fully saturated rings. The first-order valence-electron chi connectivity index (χ1n) is 7.99. The fourth-order valence-electron chi connectivity index (χ4n) is 2.88. The second kappa shape index (κ2) is 8.34. The van der Waals surface area contributed by atoms with Gasteiger partial charge in [0.25, 0.3) is 5.91 Å². The number of anilines is 1. The molecule has 6 heteroatoms. The molecular weight excluding hydrogens is 315 g/mol. The maximum atomic E-state index is 13.6. The van der Waals surface area contributed by atoms with Crippen LogP contribution in [0.15, 0.2) is 18.2 Å². The first-order valence-corrected chi connectivity index (χ1v) is 9.04. The lowest BCUT2D eigenvalue weighted by Crippen LogP contribution is -2.39. The number of nitrogens with one attached hydrogen (secondary N) is 2. The van der Waals surface area contributed by atoms with E-state index in [1.54, 1.807) is 0 Å². The number of hydrogen-bond acceptors (Lipinski definition) is 3. The number of benzene rings is 1. The summed E-state index contributed by atoms with van der Waals surface area (Å²) in [6.45, 7) is 3.45. The fourth-order valence-corrected chi connectivity index (χ4v) is 4.06. The van der Waals surface area contributed by atoms with E-state index in [0.29, 0.717) is 10.8 Å². The molecule has 0 unspecified atom stereocenters. The molecular formula is C17H23FN2O2S. The molecule has 0 aromatic heterocycles. The third kappa shape index (κ3) is 5.23. The maximum Gasteiger partial charge on any atom is 0.251 e. The van der Waals surface area contributed by atoms with Gasteiger partial charge in [-0.1, -0.05) is 13.3 Å². The van der Waals surface area contributed by atoms with Gasteiger partial charge in [0, 0.05) is 23.8 Å². The molecule has 23 heavy (non-hydrogen) atoms. The van der Waals surface area contributed by atoms with E-state index in [4.69, 9.17) is 0 Å². The Kier molecular flexibility index (Phi) is 6.45. The monoisotopic (exact) mass is 338 g/mol. The van der Waals surface area contributed by atoms with Crippen molar-refractivity contribution in [3.63, 3.8) is 0 Å². The molecule has 2 N–H and O–H groups in total. The van der Waals surface area contributed by atoms with Gasteiger partial charge in [-0.15, -0.1) is 0 Å². The lowest BCUT2D eigenvalue weighted by molar-refractivity contribution is -0.114. The van der Waals surface area contributed by atoms with E-state index in [-0.39, 0.29) is 23.5 Å². The van der Waals surface area contributed by atoms with Crippen LogP contribution in [0, 0.1) is 5.82 Å². The largest absolute Gasteiger partial charge is 0.349 e. The topological polar surface area (TPSA) is 58.2 Å². The summed E-state index contributed by atoms with van der Waals surface area (Å²) in [7, 11) is 0. The quantitative estimate of drug-likeness (QED) is 0.863. The second-order valence-electron chi connectivity index (χ2n) is 5.79. The number of carbonyl (C=O) groups excluding carboxylic acids is 2. The Morgan fingerprint density at radius 1 is 1.35 bits per heavy atom. The van der Waals surface area contributed by atoms with E-state index in [9.17, 15) is 14.0 Å². The van der Waals surface area contributed by atoms with Gasteiger partial charge in [0.2, 0.25) is 5.91 Å². The number of amides is 2. The first-order chi connectivity index (χ1) is 11.0. The minimum Gasteiger partial charge on any atom is -0.349 e. The Hall–Kier alpha value is -1.56. The van der Waals surface area contributed by atoms with Gasteiger partial charge in [0.1, 0.15) is 5.82 Å². The van der Waals surface area contributed by atoms with Crippen LogP contribution in [0.5, 0.6) is 0 Å². The molecule has 0 heterocycles. The molecule has 1 aliphatic rings. The summed E-state index contributed by atoms with van der Waals surface area (Å²) in [5, 5.41) is 6.03. The molecule has 0 aliphatic heterocycles. The van der Waals surface area contributed by atoms with Crippen molar-refractivity contribution < 1.29 is 14.0 Å². The molecule has 4 nitrogen and oxygen atoms in total. The molecule has 2 amide bonds. The average molecular weight is 338 g/mol. The zero-order valence-electron chi connectivity index (χ0n) is 13.5. The van der Waals surface area contributed by atoms with E-state index in [0.717, 1.165) is 25.0 Å². The molecule has 2 rings (SSSR count). The zero-order valence-corrected chi connectivity index (χ0v) is 14.3. The highest BCUT2D eigenvalue weighted by molar-refractivity contribution is 7.99. The summed E-state index contributed by atoms with van der Waals surface area (Å²) in [6, 6.07) is 4.19. The lowest BCUT2D eigenvalue weighted by atomic mass is 9.94. The van der Waals surface area contributed by atoms with Crippen LogP contribution in [0.2, 0.25) is 0 Å². The number of rotatable bonds is 5. The highest BCUT2D eigenvalue weighted by atomic mass is 32.2. The van der Waals surface area contributed by atoms with Crippen molar-refractivity contribution in [3.05, 3.63) is 29.6 Å². The Morgan fingerprint density at radius 2 is 2.13 bits per heavy atom. The molecule has 126 valence electrons. The lowest BCUT2D eigenvalue weighted by Gasteiger charge is -2.29. The van der Waals surface area contributed by atoms with Crippen molar-refractivity contribution in [2.24, 2.45) is 0 Å². The van der Waals surface area contributed by atoms with Gasteiger partial charge in [0.15, 0.2) is 0 Å². The normalized spacial score (nSPS) is 20.8. The van der Waals surface area contributed by atoms with E-state index >= 15 is 0 Å². The summed E-state index contributed by atoms with van der Waals surface area (Å²) in [5.41, 5.74) is 0.397. The van der Waals surface area contributed by atoms with Crippen molar-refractivity contribution in [2.45, 2.75) is 50.8 Å². The van der Waals surface area contributed by atoms with E-state index in [1.165, 1.54) is 31.5 Å². The van der Waals surface area contributed by atoms with Crippen molar-refractivity contribution in [1.82, 2.24) is 5.32 Å². The van der Waals surface area contributed by atoms with Crippen LogP contribution in [-0.4, -0.2) is 28.9 Å². The third-order valence-electron chi connectivity index (χ3n) is 3.90. The number of halogens is 1. The Balaban J connectivity index is 2.01. The molecule has 0 saturated heterocycles. The first kappa shape index (κ1) is 17.8. The molecule has 2 atom stereocenters. The van der Waals surface area contributed by atoms with Gasteiger partial charge in [0.05, 0.1) is 5.69 Å². The summed E-state index contributed by atoms with van der Waals surface area (Å²) in [4.78, 5) is 23.5. The van der Waals surface area contributed by atoms with Crippen LogP contribution >= 0.6 is 11.8 Å². The van der Waals surface area contributed by atoms with Gasteiger partial charge in [-0.2, -0.15) is 11.8 Å². The van der Waals surface area contributed by atoms with E-state index in [2.05, 4.69) is 17.6 Å². The van der Waals surface area contributed by atoms with Crippen molar-refractivity contribution in [1.29, 1.82) is 0 Å². The summed E-state index contributed by atoms with van der Waals surface area (Å²) < 4.78 is 13.6. The highest BCUT2D eigenvalue weighted by Crippen LogP contribution is 2.28. The Morgan fingerprint density at radius 3 is 2.83 bits per heavy atom. The van der Waals surface area contributed by atoms with Gasteiger partial charge in [-0.25, -0.2) is 4.39 Å². The highest BCUT2D eigenvalue weighted by Gasteiger charge is 2.23. The van der Waals surface area contributed by atoms with Gasteiger partial charge >= 0.3 is 0 Å². The Bertz CT molecular complexity index is 578. The van der Waals surface area contributed by atoms with Crippen molar-refractivity contribution >= 4 is 29.3 Å². The van der Waals surface area contributed by atoms with E-state index in [1.807, 2.05) is 11.8 Å². The summed E-state index contributed by atoms with van der Waals surface area (Å²) in [6.07, 6.45) is 4.27. The van der Waals surface area contributed by atoms with Crippen LogP contribution in [-0.2, 0) is 4.79 Å². The van der Waals surface area contributed by atoms with Crippen LogP contribution in [0.25, 0.3) is 0 Å². The molecule has 0 radical (unpaired) electrons. The van der Waals surface area contributed by atoms with Crippen molar-refractivity contribution in [2.75, 3.05) is 11.1 Å². The van der Waals surface area contributed by atoms with Crippen LogP contribution < -0.4 is 10.6 Å². The molecule has 1 aromatic carbocycles. The predicted molar refractivity (Wildman–Crippen MR) is 92.3 cm³/mol. The van der Waals surface area contributed by atoms with Crippen LogP contribution in [0.4, 0.5) is 10.1 Å². The standard InChI is InChI=1S/C17H23FN2O2S/c1-3-23-14-6-4-5-13(10-14)20-17(22)12-7-8-15(18)16(9-12)19-11(2)21/h7-9,13-14H,3-6,10H2,1-2H3,(H,19,21)(H,20,22)/t13-,14+/m1/s1. The predicted octanol–water partition coefficient (Wildman–Crippen LogP) is 3.58. The number of carbonyl (C=O) groups is 2. The summed E-state index contributed by atoms with van der Waals surface area (Å²) >= 11 is 1.94. The summed E-state index contributed by atoms with van der Waals surface area (Å²) in [5.74, 6) is -0.0469. The minimum absolute atomic E-state index is 0.0354. The second-order valence-corrected chi connectivity index (χ2v) is 7.37. The number of hydrogen-bond donors (Lipinski definition) is 2. The fraction of sp³-hybridized carbons (Fsp3) is 0.529. The molecule has 1 aromatic rings. The van der Waals surface area contributed by atoms with Crippen molar-refractivity contribution in [3.8, 4) is 0 Å². The van der Waals surface area contributed by atoms with Gasteiger partial charge in [-0.05, 0) is 43.2 Å². The molecule has 0 bridgehead atoms. The van der Waals surface area contributed by atoms with Gasteiger partial charge < -0.3 is 10.6 Å². The molecule has 1 aliphatic carbocycles. The minimum atomic E-state index is -0.547. The Labute approximate surface area is 140 Å². The molecule has 0 spiro atoms. The molecule has 1 saturated carbocycles. The zero-order chi connectivity index (χ0) is 16.8. The smallest absolute Gasteiger partial charge is 0.251 e. The number of thioether (sulfide) groups is 1. The average Bonchev–Trinajstić information content (AvgIpc) is 2.49. The van der Waals surface area contributed by atoms with Gasteiger partial charge in [-0.3, -0.25) is 9.59 Å². The third-order valence-corrected chi connectivity index (χ3v) is 5.14.